The number of unbranched alkanes of at least 4 members (excludes halogenated alkanes) is 3. The third-order valence-corrected chi connectivity index (χ3v) is 5.63. The summed E-state index contributed by atoms with van der Waals surface area (Å²) in [4.78, 5) is 11.8. The van der Waals surface area contributed by atoms with E-state index in [9.17, 15) is 4.79 Å². The molecule has 5 atom stereocenters. The van der Waals surface area contributed by atoms with Crippen LogP contribution in [0.2, 0.25) is 0 Å². The highest BCUT2D eigenvalue weighted by Gasteiger charge is 2.51. The van der Waals surface area contributed by atoms with Crippen LogP contribution in [0.4, 0.5) is 8.78 Å². The van der Waals surface area contributed by atoms with Gasteiger partial charge in [-0.2, -0.15) is 0 Å². The van der Waals surface area contributed by atoms with Crippen molar-refractivity contribution in [1.29, 1.82) is 0 Å². The molecule has 0 aromatic carbocycles. The number of nitrogens with two attached hydrogens (primary N) is 1. The molecule has 1 rings (SSSR count). The summed E-state index contributed by atoms with van der Waals surface area (Å²) in [5.41, 5.74) is 5.69. The molecule has 0 aliphatic carbocycles. The molecular formula is C24H45F2NO6. The van der Waals surface area contributed by atoms with E-state index in [2.05, 4.69) is 13.8 Å². The van der Waals surface area contributed by atoms with Crippen LogP contribution in [0.3, 0.4) is 0 Å². The Morgan fingerprint density at radius 2 is 1.64 bits per heavy atom. The van der Waals surface area contributed by atoms with Gasteiger partial charge in [0.25, 0.3) is 5.92 Å². The van der Waals surface area contributed by atoms with Crippen molar-refractivity contribution in [2.45, 2.75) is 115 Å². The molecule has 1 aliphatic heterocycles. The molecule has 7 nitrogen and oxygen atoms in total. The fraction of sp³-hybridized carbons (Fsp3) is 0.958. The highest BCUT2D eigenvalue weighted by Crippen LogP contribution is 2.37. The molecule has 1 saturated heterocycles. The predicted molar refractivity (Wildman–Crippen MR) is 122 cm³/mol. The van der Waals surface area contributed by atoms with Crippen molar-refractivity contribution < 1.29 is 37.3 Å². The van der Waals surface area contributed by atoms with E-state index >= 15 is 8.78 Å². The quantitative estimate of drug-likeness (QED) is 0.231. The van der Waals surface area contributed by atoms with Crippen LogP contribution in [0.15, 0.2) is 0 Å². The molecule has 0 aromatic heterocycles. The first-order valence-electron chi connectivity index (χ1n) is 12.6. The Morgan fingerprint density at radius 3 is 2.24 bits per heavy atom. The van der Waals surface area contributed by atoms with Gasteiger partial charge in [0.05, 0.1) is 19.3 Å². The van der Waals surface area contributed by atoms with Crippen LogP contribution < -0.4 is 5.73 Å². The minimum absolute atomic E-state index is 0.0471. The molecular weight excluding hydrogens is 436 g/mol. The second-order valence-electron chi connectivity index (χ2n) is 8.60. The Hall–Kier alpha value is -0.870. The lowest BCUT2D eigenvalue weighted by Gasteiger charge is -2.44. The van der Waals surface area contributed by atoms with E-state index in [-0.39, 0.29) is 19.6 Å². The van der Waals surface area contributed by atoms with E-state index in [1.54, 1.807) is 6.92 Å². The minimum Gasteiger partial charge on any atom is -0.465 e. The largest absolute Gasteiger partial charge is 0.465 e. The third-order valence-electron chi connectivity index (χ3n) is 5.63. The Labute approximate surface area is 198 Å². The second kappa shape index (κ2) is 16.7. The number of hydrogen-bond acceptors (Lipinski definition) is 7. The Morgan fingerprint density at radius 1 is 1.03 bits per heavy atom. The summed E-state index contributed by atoms with van der Waals surface area (Å²) in [6.07, 6.45) is 1.29. The Kier molecular flexibility index (Phi) is 15.3. The van der Waals surface area contributed by atoms with Gasteiger partial charge in [0.15, 0.2) is 0 Å². The highest BCUT2D eigenvalue weighted by atomic mass is 19.3. The van der Waals surface area contributed by atoms with Crippen LogP contribution in [0.25, 0.3) is 0 Å². The van der Waals surface area contributed by atoms with Crippen LogP contribution in [0.5, 0.6) is 0 Å². The van der Waals surface area contributed by atoms with E-state index < -0.39 is 48.8 Å². The van der Waals surface area contributed by atoms with Gasteiger partial charge in [-0.15, -0.1) is 0 Å². The van der Waals surface area contributed by atoms with Gasteiger partial charge in [-0.05, 0) is 26.2 Å². The summed E-state index contributed by atoms with van der Waals surface area (Å²) < 4.78 is 58.9. The SMILES string of the molecule is CCCCOC[C@H]1O[C@@H](C(F)(F)CC(N)C(=O)OCC)C[C@@H](OCCCC)[C@H]1OCCCC. The smallest absolute Gasteiger partial charge is 0.323 e. The zero-order valence-electron chi connectivity index (χ0n) is 20.9. The predicted octanol–water partition coefficient (Wildman–Crippen LogP) is 4.25. The highest BCUT2D eigenvalue weighted by molar-refractivity contribution is 5.75. The number of rotatable bonds is 18. The molecule has 0 saturated carbocycles. The van der Waals surface area contributed by atoms with Gasteiger partial charge in [-0.1, -0.05) is 40.0 Å². The van der Waals surface area contributed by atoms with Gasteiger partial charge in [0, 0.05) is 32.7 Å². The number of carbonyl (C=O) groups excluding carboxylic acids is 1. The van der Waals surface area contributed by atoms with Gasteiger partial charge in [0.2, 0.25) is 0 Å². The molecule has 0 aromatic rings. The topological polar surface area (TPSA) is 89.2 Å². The molecule has 0 spiro atoms. The molecule has 2 N–H and O–H groups in total. The monoisotopic (exact) mass is 481 g/mol. The summed E-state index contributed by atoms with van der Waals surface area (Å²) in [6, 6.07) is -1.43. The second-order valence-corrected chi connectivity index (χ2v) is 8.60. The fourth-order valence-corrected chi connectivity index (χ4v) is 3.66. The molecule has 1 aliphatic rings. The summed E-state index contributed by atoms with van der Waals surface area (Å²) in [5.74, 6) is -4.18. The summed E-state index contributed by atoms with van der Waals surface area (Å²) in [7, 11) is 0. The molecule has 0 radical (unpaired) electrons. The molecule has 196 valence electrons. The van der Waals surface area contributed by atoms with E-state index in [1.807, 2.05) is 6.92 Å². The lowest BCUT2D eigenvalue weighted by molar-refractivity contribution is -0.260. The summed E-state index contributed by atoms with van der Waals surface area (Å²) in [6.45, 7) is 9.46. The summed E-state index contributed by atoms with van der Waals surface area (Å²) in [5, 5.41) is 0. The molecule has 0 amide bonds. The van der Waals surface area contributed by atoms with E-state index in [1.165, 1.54) is 0 Å². The first-order chi connectivity index (χ1) is 15.8. The van der Waals surface area contributed by atoms with Crippen molar-refractivity contribution in [3.05, 3.63) is 0 Å². The van der Waals surface area contributed by atoms with Crippen LogP contribution in [0, 0.1) is 0 Å². The Bertz CT molecular complexity index is 525. The van der Waals surface area contributed by atoms with Crippen LogP contribution in [0.1, 0.15) is 79.1 Å². The zero-order valence-corrected chi connectivity index (χ0v) is 20.9. The maximum Gasteiger partial charge on any atom is 0.323 e. The van der Waals surface area contributed by atoms with Crippen molar-refractivity contribution in [2.75, 3.05) is 33.0 Å². The van der Waals surface area contributed by atoms with E-state index in [0.717, 1.165) is 38.5 Å². The maximum atomic E-state index is 15.2. The molecule has 1 heterocycles. The van der Waals surface area contributed by atoms with Crippen molar-refractivity contribution in [1.82, 2.24) is 0 Å². The van der Waals surface area contributed by atoms with Crippen molar-refractivity contribution >= 4 is 5.97 Å². The van der Waals surface area contributed by atoms with E-state index in [4.69, 9.17) is 29.4 Å². The van der Waals surface area contributed by atoms with Gasteiger partial charge in [-0.3, -0.25) is 4.79 Å². The first-order valence-corrected chi connectivity index (χ1v) is 12.6. The van der Waals surface area contributed by atoms with Crippen LogP contribution in [-0.2, 0) is 28.5 Å². The average Bonchev–Trinajstić information content (AvgIpc) is 2.77. The fourth-order valence-electron chi connectivity index (χ4n) is 3.66. The van der Waals surface area contributed by atoms with Gasteiger partial charge < -0.3 is 29.4 Å². The number of halogens is 2. The molecule has 9 heteroatoms. The lowest BCUT2D eigenvalue weighted by atomic mass is 9.91. The number of alkyl halides is 2. The Balaban J connectivity index is 2.99. The minimum atomic E-state index is -3.34. The van der Waals surface area contributed by atoms with Gasteiger partial charge in [-0.25, -0.2) is 8.78 Å². The molecule has 0 bridgehead atoms. The normalized spacial score (nSPS) is 24.6. The molecule has 1 fully saturated rings. The number of esters is 1. The zero-order chi connectivity index (χ0) is 24.7. The third kappa shape index (κ3) is 10.9. The molecule has 1 unspecified atom stereocenters. The maximum absolute atomic E-state index is 15.2. The van der Waals surface area contributed by atoms with Gasteiger partial charge in [0.1, 0.15) is 24.4 Å². The van der Waals surface area contributed by atoms with E-state index in [0.29, 0.717) is 19.8 Å². The lowest BCUT2D eigenvalue weighted by Crippen LogP contribution is -2.57. The average molecular weight is 482 g/mol. The molecule has 33 heavy (non-hydrogen) atoms. The van der Waals surface area contributed by atoms with Crippen molar-refractivity contribution in [3.63, 3.8) is 0 Å². The number of hydrogen-bond donors (Lipinski definition) is 1. The van der Waals surface area contributed by atoms with Gasteiger partial charge >= 0.3 is 5.97 Å². The van der Waals surface area contributed by atoms with Crippen LogP contribution in [-0.4, -0.2) is 75.4 Å². The van der Waals surface area contributed by atoms with Crippen LogP contribution >= 0.6 is 0 Å². The first kappa shape index (κ1) is 30.2. The standard InChI is InChI=1S/C24H45F2NO6/c1-5-9-12-29-17-20-22(32-14-11-7-3)19(31-13-10-6-2)15-21(33-20)24(25,26)16-18(27)23(28)30-8-4/h18-22H,5-17,27H2,1-4H3/t18?,19-,20-,21-,22-/m1/s1. The van der Waals surface area contributed by atoms with Crippen molar-refractivity contribution in [3.8, 4) is 0 Å². The number of ether oxygens (including phenoxy) is 5. The van der Waals surface area contributed by atoms with Crippen molar-refractivity contribution in [2.24, 2.45) is 5.73 Å². The summed E-state index contributed by atoms with van der Waals surface area (Å²) >= 11 is 0. The number of carbonyl (C=O) groups is 1.